The van der Waals surface area contributed by atoms with E-state index in [0.29, 0.717) is 17.7 Å². The van der Waals surface area contributed by atoms with Crippen LogP contribution >= 0.6 is 0 Å². The van der Waals surface area contributed by atoms with E-state index in [4.69, 9.17) is 5.26 Å². The normalized spacial score (nSPS) is 24.1. The third-order valence-corrected chi connectivity index (χ3v) is 3.46. The Kier molecular flexibility index (Phi) is 3.30. The highest BCUT2D eigenvalue weighted by molar-refractivity contribution is 5.50. The minimum absolute atomic E-state index is 0.489. The van der Waals surface area contributed by atoms with Gasteiger partial charge in [-0.1, -0.05) is 6.92 Å². The molecule has 0 N–H and O–H groups in total. The molecule has 0 amide bonds. The van der Waals surface area contributed by atoms with Crippen molar-refractivity contribution in [3.05, 3.63) is 24.0 Å². The van der Waals surface area contributed by atoms with Crippen molar-refractivity contribution in [2.75, 3.05) is 32.1 Å². The van der Waals surface area contributed by atoms with Crippen molar-refractivity contribution in [3.8, 4) is 6.07 Å². The smallest absolute Gasteiger partial charge is 0.142 e. The highest BCUT2D eigenvalue weighted by Gasteiger charge is 2.31. The van der Waals surface area contributed by atoms with Crippen molar-refractivity contribution in [2.45, 2.75) is 13.0 Å². The molecule has 2 atom stereocenters. The molecule has 0 aromatic carbocycles. The van der Waals surface area contributed by atoms with Gasteiger partial charge in [0.25, 0.3) is 0 Å². The largest absolute Gasteiger partial charge is 0.369 e. The quantitative estimate of drug-likeness (QED) is 0.769. The lowest BCUT2D eigenvalue weighted by Crippen LogP contribution is -2.34. The summed E-state index contributed by atoms with van der Waals surface area (Å²) >= 11 is 0. The Bertz CT molecular complexity index is 435. The van der Waals surface area contributed by atoms with E-state index in [2.05, 4.69) is 41.9 Å². The van der Waals surface area contributed by atoms with Gasteiger partial charge in [-0.05, 0) is 32.1 Å². The molecule has 4 heteroatoms. The molecule has 1 aromatic heterocycles. The molecule has 1 aliphatic heterocycles. The molecule has 0 aliphatic carbocycles. The SMILES string of the molecule is CC1CN(c2ccnc(C#N)c2)CC1N(C)C. The molecule has 0 bridgehead atoms. The molecule has 2 heterocycles. The molecule has 1 aromatic rings. The predicted molar refractivity (Wildman–Crippen MR) is 67.8 cm³/mol. The average Bonchev–Trinajstić information content (AvgIpc) is 2.71. The Morgan fingerprint density at radius 3 is 2.82 bits per heavy atom. The maximum absolute atomic E-state index is 8.86. The van der Waals surface area contributed by atoms with Crippen LogP contribution in [0.15, 0.2) is 18.3 Å². The summed E-state index contributed by atoms with van der Waals surface area (Å²) in [6.07, 6.45) is 1.71. The van der Waals surface area contributed by atoms with Gasteiger partial charge in [0.2, 0.25) is 0 Å². The maximum atomic E-state index is 8.86. The van der Waals surface area contributed by atoms with Crippen molar-refractivity contribution < 1.29 is 0 Å². The van der Waals surface area contributed by atoms with Crippen molar-refractivity contribution in [2.24, 2.45) is 5.92 Å². The zero-order valence-electron chi connectivity index (χ0n) is 10.6. The standard InChI is InChI=1S/C13H18N4/c1-10-8-17(9-13(10)16(2)3)12-4-5-15-11(6-12)7-14/h4-6,10,13H,8-9H2,1-3H3. The molecule has 17 heavy (non-hydrogen) atoms. The fourth-order valence-electron chi connectivity index (χ4n) is 2.51. The second-order valence-corrected chi connectivity index (χ2v) is 4.92. The van der Waals surface area contributed by atoms with Crippen molar-refractivity contribution >= 4 is 5.69 Å². The van der Waals surface area contributed by atoms with Gasteiger partial charge in [0.05, 0.1) is 0 Å². The van der Waals surface area contributed by atoms with Crippen LogP contribution in [0.5, 0.6) is 0 Å². The molecular formula is C13H18N4. The average molecular weight is 230 g/mol. The number of nitrogens with zero attached hydrogens (tertiary/aromatic N) is 4. The molecule has 1 aliphatic rings. The lowest BCUT2D eigenvalue weighted by Gasteiger charge is -2.23. The van der Waals surface area contributed by atoms with E-state index >= 15 is 0 Å². The first-order chi connectivity index (χ1) is 8.11. The van der Waals surface area contributed by atoms with Crippen LogP contribution in [0.1, 0.15) is 12.6 Å². The Morgan fingerprint density at radius 1 is 1.47 bits per heavy atom. The summed E-state index contributed by atoms with van der Waals surface area (Å²) in [4.78, 5) is 8.61. The van der Waals surface area contributed by atoms with Crippen molar-refractivity contribution in [3.63, 3.8) is 0 Å². The minimum Gasteiger partial charge on any atom is -0.369 e. The summed E-state index contributed by atoms with van der Waals surface area (Å²) in [5.41, 5.74) is 1.59. The number of anilines is 1. The fraction of sp³-hybridized carbons (Fsp3) is 0.538. The Hall–Kier alpha value is -1.60. The number of pyridine rings is 1. The van der Waals surface area contributed by atoms with Gasteiger partial charge in [0.1, 0.15) is 11.8 Å². The van der Waals surface area contributed by atoms with Gasteiger partial charge in [0.15, 0.2) is 0 Å². The number of hydrogen-bond donors (Lipinski definition) is 0. The topological polar surface area (TPSA) is 43.2 Å². The second-order valence-electron chi connectivity index (χ2n) is 4.92. The third-order valence-electron chi connectivity index (χ3n) is 3.46. The summed E-state index contributed by atoms with van der Waals surface area (Å²) in [6, 6.07) is 6.51. The first kappa shape index (κ1) is 11.9. The van der Waals surface area contributed by atoms with Gasteiger partial charge in [0, 0.05) is 31.0 Å². The van der Waals surface area contributed by atoms with Gasteiger partial charge in [-0.2, -0.15) is 5.26 Å². The Morgan fingerprint density at radius 2 is 2.24 bits per heavy atom. The van der Waals surface area contributed by atoms with Crippen molar-refractivity contribution in [1.29, 1.82) is 5.26 Å². The van der Waals surface area contributed by atoms with Gasteiger partial charge < -0.3 is 9.80 Å². The highest BCUT2D eigenvalue weighted by atomic mass is 15.2. The highest BCUT2D eigenvalue weighted by Crippen LogP contribution is 2.25. The van der Waals surface area contributed by atoms with Crippen LogP contribution in [0.25, 0.3) is 0 Å². The number of likely N-dealkylation sites (N-methyl/N-ethyl adjacent to an activating group) is 1. The van der Waals surface area contributed by atoms with Crippen LogP contribution in [0.3, 0.4) is 0 Å². The van der Waals surface area contributed by atoms with E-state index in [1.807, 2.05) is 12.1 Å². The minimum atomic E-state index is 0.489. The summed E-state index contributed by atoms with van der Waals surface area (Å²) < 4.78 is 0. The van der Waals surface area contributed by atoms with Crippen LogP contribution in [-0.4, -0.2) is 43.1 Å². The van der Waals surface area contributed by atoms with E-state index < -0.39 is 0 Å². The third kappa shape index (κ3) is 2.40. The van der Waals surface area contributed by atoms with E-state index in [1.54, 1.807) is 6.20 Å². The van der Waals surface area contributed by atoms with E-state index in [0.717, 1.165) is 18.8 Å². The maximum Gasteiger partial charge on any atom is 0.142 e. The fourth-order valence-corrected chi connectivity index (χ4v) is 2.51. The molecule has 2 unspecified atom stereocenters. The summed E-state index contributed by atoms with van der Waals surface area (Å²) in [7, 11) is 4.25. The summed E-state index contributed by atoms with van der Waals surface area (Å²) in [5.74, 6) is 0.642. The molecule has 2 rings (SSSR count). The van der Waals surface area contributed by atoms with Gasteiger partial charge in [-0.3, -0.25) is 0 Å². The molecular weight excluding hydrogens is 212 g/mol. The van der Waals surface area contributed by atoms with Gasteiger partial charge in [-0.15, -0.1) is 0 Å². The lowest BCUT2D eigenvalue weighted by atomic mass is 10.1. The molecule has 90 valence electrons. The number of rotatable bonds is 2. The lowest BCUT2D eigenvalue weighted by molar-refractivity contribution is 0.266. The zero-order chi connectivity index (χ0) is 12.4. The van der Waals surface area contributed by atoms with Crippen LogP contribution in [-0.2, 0) is 0 Å². The van der Waals surface area contributed by atoms with Gasteiger partial charge >= 0.3 is 0 Å². The van der Waals surface area contributed by atoms with Crippen LogP contribution in [0.4, 0.5) is 5.69 Å². The Labute approximate surface area is 102 Å². The monoisotopic (exact) mass is 230 g/mol. The molecule has 1 saturated heterocycles. The molecule has 0 saturated carbocycles. The van der Waals surface area contributed by atoms with Crippen LogP contribution in [0, 0.1) is 17.2 Å². The zero-order valence-corrected chi connectivity index (χ0v) is 10.6. The molecule has 0 spiro atoms. The molecule has 4 nitrogen and oxygen atoms in total. The second kappa shape index (κ2) is 4.72. The van der Waals surface area contributed by atoms with Gasteiger partial charge in [-0.25, -0.2) is 4.98 Å². The summed E-state index contributed by atoms with van der Waals surface area (Å²) in [6.45, 7) is 4.33. The van der Waals surface area contributed by atoms with E-state index in [-0.39, 0.29) is 0 Å². The Balaban J connectivity index is 2.17. The van der Waals surface area contributed by atoms with E-state index in [9.17, 15) is 0 Å². The number of nitriles is 1. The van der Waals surface area contributed by atoms with Crippen LogP contribution < -0.4 is 4.90 Å². The first-order valence-corrected chi connectivity index (χ1v) is 5.89. The first-order valence-electron chi connectivity index (χ1n) is 5.89. The molecule has 1 fully saturated rings. The van der Waals surface area contributed by atoms with Crippen LogP contribution in [0.2, 0.25) is 0 Å². The number of hydrogen-bond acceptors (Lipinski definition) is 4. The van der Waals surface area contributed by atoms with E-state index in [1.165, 1.54) is 0 Å². The number of aromatic nitrogens is 1. The molecule has 0 radical (unpaired) electrons. The van der Waals surface area contributed by atoms with Crippen molar-refractivity contribution in [1.82, 2.24) is 9.88 Å². The summed E-state index contributed by atoms with van der Waals surface area (Å²) in [5, 5.41) is 8.86. The predicted octanol–water partition coefficient (Wildman–Crippen LogP) is 1.34.